The zero-order valence-electron chi connectivity index (χ0n) is 19.7. The van der Waals surface area contributed by atoms with Crippen molar-refractivity contribution < 1.29 is 23.5 Å². The quantitative estimate of drug-likeness (QED) is 0.533. The van der Waals surface area contributed by atoms with Gasteiger partial charge in [0.15, 0.2) is 0 Å². The molecule has 0 saturated carbocycles. The van der Waals surface area contributed by atoms with E-state index in [4.69, 9.17) is 4.74 Å². The van der Waals surface area contributed by atoms with Crippen LogP contribution in [0.3, 0.4) is 0 Å². The van der Waals surface area contributed by atoms with Crippen LogP contribution < -0.4 is 19.9 Å². The van der Waals surface area contributed by atoms with E-state index in [1.165, 1.54) is 18.2 Å². The van der Waals surface area contributed by atoms with Crippen LogP contribution in [0.25, 0.3) is 11.6 Å². The summed E-state index contributed by atoms with van der Waals surface area (Å²) in [5.41, 5.74) is 2.16. The highest BCUT2D eigenvalue weighted by Crippen LogP contribution is 2.39. The van der Waals surface area contributed by atoms with Crippen LogP contribution in [0.1, 0.15) is 38.8 Å². The number of carbonyl (C=O) groups excluding carboxylic acids is 3. The summed E-state index contributed by atoms with van der Waals surface area (Å²) in [4.78, 5) is 41.1. The summed E-state index contributed by atoms with van der Waals surface area (Å²) in [7, 11) is 1.89. The fraction of sp³-hybridized carbons (Fsp3) is 0.269. The maximum atomic E-state index is 15.1. The van der Waals surface area contributed by atoms with Crippen LogP contribution in [-0.2, 0) is 9.59 Å². The number of allylic oxidation sites excluding steroid dienone is 1. The summed E-state index contributed by atoms with van der Waals surface area (Å²) in [5.74, 6) is -1.83. The van der Waals surface area contributed by atoms with Gasteiger partial charge in [-0.2, -0.15) is 0 Å². The maximum Gasteiger partial charge on any atom is 0.335 e. The number of benzene rings is 2. The van der Waals surface area contributed by atoms with Gasteiger partial charge in [-0.3, -0.25) is 14.9 Å². The molecule has 0 unspecified atom stereocenters. The molecule has 2 heterocycles. The average molecular weight is 464 g/mol. The van der Waals surface area contributed by atoms with E-state index in [1.807, 2.05) is 39.6 Å². The van der Waals surface area contributed by atoms with E-state index in [2.05, 4.69) is 11.4 Å². The van der Waals surface area contributed by atoms with Crippen LogP contribution >= 0.6 is 0 Å². The first-order valence-electron chi connectivity index (χ1n) is 10.9. The molecule has 4 rings (SSSR count). The van der Waals surface area contributed by atoms with E-state index < -0.39 is 23.7 Å². The second kappa shape index (κ2) is 8.44. The summed E-state index contributed by atoms with van der Waals surface area (Å²) >= 11 is 0. The molecule has 0 atom stereocenters. The number of hydrogen-bond acceptors (Lipinski definition) is 5. The summed E-state index contributed by atoms with van der Waals surface area (Å²) in [6.45, 7) is 8.22. The van der Waals surface area contributed by atoms with Gasteiger partial charge in [0.05, 0.1) is 17.8 Å². The Morgan fingerprint density at radius 1 is 1.15 bits per heavy atom. The van der Waals surface area contributed by atoms with Crippen LogP contribution in [-0.4, -0.2) is 37.0 Å². The fourth-order valence-electron chi connectivity index (χ4n) is 4.22. The Kier molecular flexibility index (Phi) is 5.77. The molecule has 0 spiro atoms. The molecule has 0 radical (unpaired) electrons. The van der Waals surface area contributed by atoms with Crippen LogP contribution in [0.5, 0.6) is 5.75 Å². The van der Waals surface area contributed by atoms with Crippen molar-refractivity contribution in [1.29, 1.82) is 0 Å². The Bertz CT molecular complexity index is 1280. The molecule has 176 valence electrons. The first-order chi connectivity index (χ1) is 16.0. The number of carbonyl (C=O) groups is 3. The molecule has 2 aliphatic rings. The van der Waals surface area contributed by atoms with E-state index in [0.717, 1.165) is 16.0 Å². The number of amides is 4. The number of nitrogens with zero attached hydrogens (tertiary/aromatic N) is 2. The number of nitrogens with one attached hydrogen (secondary N) is 1. The van der Waals surface area contributed by atoms with Gasteiger partial charge < -0.3 is 9.64 Å². The zero-order chi connectivity index (χ0) is 24.8. The van der Waals surface area contributed by atoms with Crippen LogP contribution in [0.15, 0.2) is 48.0 Å². The van der Waals surface area contributed by atoms with E-state index in [9.17, 15) is 14.4 Å². The summed E-state index contributed by atoms with van der Waals surface area (Å²) in [6, 6.07) is 8.55. The van der Waals surface area contributed by atoms with E-state index in [-0.39, 0.29) is 22.4 Å². The first kappa shape index (κ1) is 23.2. The third kappa shape index (κ3) is 3.96. The number of imide groups is 2. The number of barbiturate groups is 1. The highest BCUT2D eigenvalue weighted by Gasteiger charge is 2.37. The van der Waals surface area contributed by atoms with Gasteiger partial charge in [-0.15, -0.1) is 0 Å². The molecule has 0 aliphatic carbocycles. The maximum absolute atomic E-state index is 15.1. The Morgan fingerprint density at radius 2 is 1.88 bits per heavy atom. The van der Waals surface area contributed by atoms with Gasteiger partial charge >= 0.3 is 6.03 Å². The number of hydrogen-bond donors (Lipinski definition) is 1. The molecule has 34 heavy (non-hydrogen) atoms. The van der Waals surface area contributed by atoms with Crippen molar-refractivity contribution in [3.63, 3.8) is 0 Å². The minimum Gasteiger partial charge on any atom is -0.494 e. The molecule has 1 saturated heterocycles. The zero-order valence-corrected chi connectivity index (χ0v) is 19.7. The number of rotatable bonds is 4. The summed E-state index contributed by atoms with van der Waals surface area (Å²) in [6.07, 6.45) is 3.26. The topological polar surface area (TPSA) is 79.0 Å². The Morgan fingerprint density at radius 3 is 2.59 bits per heavy atom. The van der Waals surface area contributed by atoms with Crippen LogP contribution in [0.4, 0.5) is 20.6 Å². The Hall–Kier alpha value is -3.94. The third-order valence-corrected chi connectivity index (χ3v) is 6.12. The van der Waals surface area contributed by atoms with Crippen molar-refractivity contribution in [3.05, 3.63) is 65.0 Å². The van der Waals surface area contributed by atoms with Gasteiger partial charge in [0.2, 0.25) is 0 Å². The molecule has 1 N–H and O–H groups in total. The normalized spacial score (nSPS) is 18.6. The Balaban J connectivity index is 1.76. The predicted molar refractivity (Wildman–Crippen MR) is 129 cm³/mol. The lowest BCUT2D eigenvalue weighted by atomic mass is 9.88. The lowest BCUT2D eigenvalue weighted by molar-refractivity contribution is -0.122. The molecule has 8 heteroatoms. The predicted octanol–water partition coefficient (Wildman–Crippen LogP) is 4.52. The highest BCUT2D eigenvalue weighted by atomic mass is 19.1. The molecule has 2 aromatic carbocycles. The lowest BCUT2D eigenvalue weighted by Gasteiger charge is -2.40. The molecule has 1 fully saturated rings. The molecule has 2 aliphatic heterocycles. The van der Waals surface area contributed by atoms with Crippen molar-refractivity contribution in [1.82, 2.24) is 5.32 Å². The summed E-state index contributed by atoms with van der Waals surface area (Å²) in [5, 5.41) is 2.16. The van der Waals surface area contributed by atoms with Gasteiger partial charge in [0, 0.05) is 29.9 Å². The largest absolute Gasteiger partial charge is 0.494 e. The number of likely N-dealkylation sites (N-methyl/N-ethyl adjacent to an activating group) is 1. The van der Waals surface area contributed by atoms with Gasteiger partial charge in [-0.05, 0) is 63.6 Å². The lowest BCUT2D eigenvalue weighted by Crippen LogP contribution is -2.54. The van der Waals surface area contributed by atoms with Gasteiger partial charge in [-0.1, -0.05) is 12.1 Å². The standard InChI is InChI=1S/C26H26FN3O4/c1-6-34-18-9-7-8-17(12-18)30-24(32)20(23(31)28-25(30)33)11-16-10-19-15(2)14-26(3,4)29(5)22(19)13-21(16)27/h7-14H,6H2,1-5H3,(H,28,31,33)/b20-11-. The van der Waals surface area contributed by atoms with Crippen molar-refractivity contribution in [2.45, 2.75) is 33.2 Å². The fourth-order valence-corrected chi connectivity index (χ4v) is 4.22. The van der Waals surface area contributed by atoms with Crippen molar-refractivity contribution in [3.8, 4) is 5.75 Å². The number of halogens is 1. The van der Waals surface area contributed by atoms with Crippen molar-refractivity contribution >= 4 is 40.9 Å². The van der Waals surface area contributed by atoms with Crippen LogP contribution in [0.2, 0.25) is 0 Å². The average Bonchev–Trinajstić information content (AvgIpc) is 2.76. The third-order valence-electron chi connectivity index (χ3n) is 6.12. The summed E-state index contributed by atoms with van der Waals surface area (Å²) < 4.78 is 20.6. The van der Waals surface area contributed by atoms with Gasteiger partial charge in [0.1, 0.15) is 17.1 Å². The molecule has 2 aromatic rings. The molecular weight excluding hydrogens is 437 g/mol. The monoisotopic (exact) mass is 463 g/mol. The van der Waals surface area contributed by atoms with Gasteiger partial charge in [0.25, 0.3) is 11.8 Å². The minimum absolute atomic E-state index is 0.0791. The van der Waals surface area contributed by atoms with E-state index in [1.54, 1.807) is 24.3 Å². The number of urea groups is 1. The van der Waals surface area contributed by atoms with E-state index in [0.29, 0.717) is 18.0 Å². The van der Waals surface area contributed by atoms with E-state index >= 15 is 4.39 Å². The second-order valence-electron chi connectivity index (χ2n) is 8.82. The minimum atomic E-state index is -0.880. The molecule has 0 aromatic heterocycles. The van der Waals surface area contributed by atoms with Crippen molar-refractivity contribution in [2.75, 3.05) is 23.5 Å². The smallest absolute Gasteiger partial charge is 0.335 e. The van der Waals surface area contributed by atoms with Crippen molar-refractivity contribution in [2.24, 2.45) is 0 Å². The number of fused-ring (bicyclic) bond motifs is 1. The molecular formula is C26H26FN3O4. The first-order valence-corrected chi connectivity index (χ1v) is 10.9. The second-order valence-corrected chi connectivity index (χ2v) is 8.82. The number of ether oxygens (including phenoxy) is 1. The number of anilines is 2. The Labute approximate surface area is 197 Å². The molecule has 0 bridgehead atoms. The SMILES string of the molecule is CCOc1cccc(N2C(=O)NC(=O)/C(=C/c3cc4c(cc3F)N(C)C(C)(C)C=C4C)C2=O)c1. The molecule has 4 amide bonds. The van der Waals surface area contributed by atoms with Gasteiger partial charge in [-0.25, -0.2) is 14.1 Å². The van der Waals surface area contributed by atoms with Crippen LogP contribution in [0, 0.1) is 5.82 Å². The highest BCUT2D eigenvalue weighted by molar-refractivity contribution is 6.39. The molecule has 7 nitrogen and oxygen atoms in total.